The number of unbranched alkanes of at least 4 members (excludes halogenated alkanes) is 38. The molecule has 0 unspecified atom stereocenters. The highest BCUT2D eigenvalue weighted by Gasteiger charge is 2.08. The maximum atomic E-state index is 2.48. The minimum Gasteiger partial charge on any atom is -0.0654 e. The Hall–Kier alpha value is -1.30. The molecule has 0 amide bonds. The first kappa shape index (κ1) is 48.8. The molecule has 0 radical (unpaired) electrons. The van der Waals surface area contributed by atoms with Gasteiger partial charge in [0.05, 0.1) is 0 Å². The van der Waals surface area contributed by atoms with Gasteiger partial charge < -0.3 is 0 Å². The largest absolute Gasteiger partial charge is 0.0654 e. The van der Waals surface area contributed by atoms with Crippen molar-refractivity contribution >= 4 is 10.8 Å². The quantitative estimate of drug-likeness (QED) is 0.0594. The fourth-order valence-electron chi connectivity index (χ4n) is 9.04. The van der Waals surface area contributed by atoms with Crippen molar-refractivity contribution in [2.24, 2.45) is 0 Å². The van der Waals surface area contributed by atoms with Crippen molar-refractivity contribution in [1.29, 1.82) is 0 Å². The Bertz CT molecular complexity index is 1030. The van der Waals surface area contributed by atoms with Gasteiger partial charge in [-0.3, -0.25) is 0 Å². The lowest BCUT2D eigenvalue weighted by Gasteiger charge is -2.14. The Morgan fingerprint density at radius 3 is 0.870 bits per heavy atom. The van der Waals surface area contributed by atoms with Crippen molar-refractivity contribution in [3.05, 3.63) is 47.5 Å². The highest BCUT2D eigenvalue weighted by Crippen LogP contribution is 2.27. The molecule has 54 heavy (non-hydrogen) atoms. The first-order chi connectivity index (χ1) is 26.9. The molecule has 0 saturated carbocycles. The van der Waals surface area contributed by atoms with E-state index in [1.807, 2.05) is 0 Å². The van der Waals surface area contributed by atoms with Gasteiger partial charge in [0.25, 0.3) is 0 Å². The van der Waals surface area contributed by atoms with Crippen molar-refractivity contribution < 1.29 is 0 Å². The smallest absolute Gasteiger partial charge is 0.0149 e. The van der Waals surface area contributed by atoms with Gasteiger partial charge in [-0.05, 0) is 47.6 Å². The number of benzene rings is 2. The summed E-state index contributed by atoms with van der Waals surface area (Å²) in [6, 6.07) is 14.0. The van der Waals surface area contributed by atoms with Crippen LogP contribution in [0.5, 0.6) is 0 Å². The van der Waals surface area contributed by atoms with E-state index in [9.17, 15) is 0 Å². The molecule has 0 spiro atoms. The van der Waals surface area contributed by atoms with E-state index in [2.05, 4.69) is 50.2 Å². The molecule has 0 N–H and O–H groups in total. The van der Waals surface area contributed by atoms with Gasteiger partial charge in [-0.15, -0.1) is 0 Å². The summed E-state index contributed by atoms with van der Waals surface area (Å²) in [5, 5.41) is 2.97. The summed E-state index contributed by atoms with van der Waals surface area (Å²) < 4.78 is 0. The van der Waals surface area contributed by atoms with Crippen LogP contribution in [0.4, 0.5) is 0 Å². The molecule has 0 aliphatic heterocycles. The van der Waals surface area contributed by atoms with E-state index in [1.54, 1.807) is 11.1 Å². The van der Waals surface area contributed by atoms with E-state index in [-0.39, 0.29) is 0 Å². The van der Waals surface area contributed by atoms with Gasteiger partial charge in [-0.25, -0.2) is 0 Å². The molecule has 2 aromatic carbocycles. The lowest BCUT2D eigenvalue weighted by Crippen LogP contribution is -1.97. The number of hydrogen-bond acceptors (Lipinski definition) is 0. The Kier molecular flexibility index (Phi) is 34.9. The average molecular weight is 745 g/mol. The molecule has 0 aliphatic carbocycles. The summed E-state index contributed by atoms with van der Waals surface area (Å²) in [5.74, 6) is 0. The summed E-state index contributed by atoms with van der Waals surface area (Å²) in [4.78, 5) is 0. The molecule has 0 fully saturated rings. The number of rotatable bonds is 42. The van der Waals surface area contributed by atoms with Crippen molar-refractivity contribution in [3.8, 4) is 0 Å². The predicted molar refractivity (Wildman–Crippen MR) is 247 cm³/mol. The maximum Gasteiger partial charge on any atom is -0.0149 e. The standard InChI is InChI=1S/C54H96/c1-3-5-7-9-11-13-15-17-19-21-23-25-27-29-31-33-35-37-39-41-45-51-49-50-52-46-43-44-48-54(52)53(51)47-42-40-38-36-34-32-30-28-26-24-22-20-18-16-14-12-10-8-6-4-2/h43-44,46,48-50H,3-42,45,47H2,1-2H3. The van der Waals surface area contributed by atoms with Crippen LogP contribution in [0.25, 0.3) is 10.8 Å². The lowest BCUT2D eigenvalue weighted by molar-refractivity contribution is 0.521. The minimum absolute atomic E-state index is 1.27. The van der Waals surface area contributed by atoms with E-state index in [0.29, 0.717) is 0 Å². The summed E-state index contributed by atoms with van der Waals surface area (Å²) in [7, 11) is 0. The Morgan fingerprint density at radius 2 is 0.537 bits per heavy atom. The molecule has 2 rings (SSSR count). The molecule has 0 aliphatic rings. The third-order valence-corrected chi connectivity index (χ3v) is 12.7. The molecule has 0 heterocycles. The highest BCUT2D eigenvalue weighted by molar-refractivity contribution is 5.86. The van der Waals surface area contributed by atoms with Crippen LogP contribution < -0.4 is 0 Å². The van der Waals surface area contributed by atoms with Crippen LogP contribution in [-0.2, 0) is 12.8 Å². The number of aryl methyl sites for hydroxylation is 2. The van der Waals surface area contributed by atoms with Crippen LogP contribution in [0.3, 0.4) is 0 Å². The molecule has 0 nitrogen and oxygen atoms in total. The first-order valence-electron chi connectivity index (χ1n) is 25.4. The molecule has 312 valence electrons. The van der Waals surface area contributed by atoms with Crippen LogP contribution in [0.15, 0.2) is 36.4 Å². The van der Waals surface area contributed by atoms with Gasteiger partial charge in [0.15, 0.2) is 0 Å². The zero-order valence-electron chi connectivity index (χ0n) is 37.2. The SMILES string of the molecule is CCCCCCCCCCCCCCCCCCCCCCc1ccc2ccccc2c1CCCCCCCCCCCCCCCCCCCCCC. The molecule has 0 bridgehead atoms. The predicted octanol–water partition coefficient (Wildman–Crippen LogP) is 19.6. The molecule has 0 aromatic heterocycles. The maximum absolute atomic E-state index is 2.48. The number of fused-ring (bicyclic) bond motifs is 1. The van der Waals surface area contributed by atoms with Gasteiger partial charge in [-0.2, -0.15) is 0 Å². The highest BCUT2D eigenvalue weighted by atomic mass is 14.1. The molecular weight excluding hydrogens is 649 g/mol. The summed E-state index contributed by atoms with van der Waals surface area (Å²) >= 11 is 0. The van der Waals surface area contributed by atoms with Crippen molar-refractivity contribution in [1.82, 2.24) is 0 Å². The normalized spacial score (nSPS) is 11.7. The summed E-state index contributed by atoms with van der Waals surface area (Å²) in [6.07, 6.45) is 60.7. The van der Waals surface area contributed by atoms with Crippen LogP contribution in [0.1, 0.15) is 282 Å². The zero-order valence-corrected chi connectivity index (χ0v) is 37.2. The fourth-order valence-corrected chi connectivity index (χ4v) is 9.04. The van der Waals surface area contributed by atoms with Crippen molar-refractivity contribution in [3.63, 3.8) is 0 Å². The summed E-state index contributed by atoms with van der Waals surface area (Å²) in [5.41, 5.74) is 3.32. The minimum atomic E-state index is 1.27. The Balaban J connectivity index is 1.42. The Labute approximate surface area is 340 Å². The Morgan fingerprint density at radius 1 is 0.259 bits per heavy atom. The van der Waals surface area contributed by atoms with E-state index in [0.717, 1.165) is 0 Å². The van der Waals surface area contributed by atoms with E-state index >= 15 is 0 Å². The van der Waals surface area contributed by atoms with Gasteiger partial charge in [0, 0.05) is 0 Å². The van der Waals surface area contributed by atoms with Crippen LogP contribution in [-0.4, -0.2) is 0 Å². The van der Waals surface area contributed by atoms with Crippen LogP contribution in [0.2, 0.25) is 0 Å². The van der Waals surface area contributed by atoms with E-state index in [4.69, 9.17) is 0 Å². The average Bonchev–Trinajstić information content (AvgIpc) is 3.19. The van der Waals surface area contributed by atoms with Gasteiger partial charge >= 0.3 is 0 Å². The van der Waals surface area contributed by atoms with Crippen LogP contribution in [0, 0.1) is 0 Å². The second kappa shape index (κ2) is 38.6. The monoisotopic (exact) mass is 745 g/mol. The van der Waals surface area contributed by atoms with Gasteiger partial charge in [0.2, 0.25) is 0 Å². The van der Waals surface area contributed by atoms with Crippen molar-refractivity contribution in [2.45, 2.75) is 284 Å². The van der Waals surface area contributed by atoms with Crippen molar-refractivity contribution in [2.75, 3.05) is 0 Å². The molecule has 0 saturated heterocycles. The second-order valence-electron chi connectivity index (χ2n) is 17.9. The topological polar surface area (TPSA) is 0 Å². The molecule has 0 heteroatoms. The zero-order chi connectivity index (χ0) is 38.3. The first-order valence-corrected chi connectivity index (χ1v) is 25.4. The fraction of sp³-hybridized carbons (Fsp3) is 0.815. The van der Waals surface area contributed by atoms with E-state index in [1.165, 1.54) is 280 Å². The second-order valence-corrected chi connectivity index (χ2v) is 17.9. The number of hydrogen-bond donors (Lipinski definition) is 0. The van der Waals surface area contributed by atoms with Gasteiger partial charge in [0.1, 0.15) is 0 Å². The summed E-state index contributed by atoms with van der Waals surface area (Å²) in [6.45, 7) is 4.62. The molecule has 0 atom stereocenters. The third kappa shape index (κ3) is 28.1. The van der Waals surface area contributed by atoms with Gasteiger partial charge in [-0.1, -0.05) is 294 Å². The van der Waals surface area contributed by atoms with Crippen LogP contribution >= 0.6 is 0 Å². The molecule has 2 aromatic rings. The van der Waals surface area contributed by atoms with E-state index < -0.39 is 0 Å². The molecular formula is C54H96. The third-order valence-electron chi connectivity index (χ3n) is 12.7. The lowest BCUT2D eigenvalue weighted by atomic mass is 9.91.